The molecule has 2 heteroatoms. The molecular weight excluding hydrogens is 380 g/mol. The van der Waals surface area contributed by atoms with Gasteiger partial charge in [-0.3, -0.25) is 4.79 Å². The van der Waals surface area contributed by atoms with E-state index in [1.165, 1.54) is 44.1 Å². The van der Waals surface area contributed by atoms with Gasteiger partial charge in [0.25, 0.3) is 0 Å². The Bertz CT molecular complexity index is 883. The molecule has 0 saturated heterocycles. The van der Waals surface area contributed by atoms with Crippen LogP contribution in [0.2, 0.25) is 0 Å². The molecule has 4 aliphatic rings. The zero-order valence-electron chi connectivity index (χ0n) is 19.5. The lowest BCUT2D eigenvalue weighted by Gasteiger charge is -2.60. The number of hydrogen-bond donors (Lipinski definition) is 0. The Kier molecular flexibility index (Phi) is 5.39. The third kappa shape index (κ3) is 3.60. The predicted molar refractivity (Wildman–Crippen MR) is 126 cm³/mol. The molecule has 0 heterocycles. The number of ether oxygens (including phenoxy) is 1. The molecule has 0 bridgehead atoms. The van der Waals surface area contributed by atoms with E-state index < -0.39 is 0 Å². The molecule has 0 spiro atoms. The summed E-state index contributed by atoms with van der Waals surface area (Å²) in [6.07, 6.45) is 17.4. The molecule has 166 valence electrons. The standard InChI is InChI=1S/C29H38O2/c1-20(30)31-24-15-17-29(3)23(19-24)11-13-25-26-14-12-22(28(26,2)18-16-27(25)29)10-9-21-7-5-4-6-8-21/h4-10,12,23-27H,11,13-19H2,1-3H3/b10-9-/t23-,24+,25+,26-,27+,28+,29-/m1/s1. The van der Waals surface area contributed by atoms with Crippen LogP contribution in [0.3, 0.4) is 0 Å². The molecule has 31 heavy (non-hydrogen) atoms. The third-order valence-corrected chi connectivity index (χ3v) is 9.85. The summed E-state index contributed by atoms with van der Waals surface area (Å²) in [5.41, 5.74) is 3.64. The summed E-state index contributed by atoms with van der Waals surface area (Å²) in [7, 11) is 0. The average molecular weight is 419 g/mol. The highest BCUT2D eigenvalue weighted by atomic mass is 16.5. The maximum absolute atomic E-state index is 11.5. The maximum Gasteiger partial charge on any atom is 0.302 e. The lowest BCUT2D eigenvalue weighted by Crippen LogP contribution is -2.53. The van der Waals surface area contributed by atoms with Crippen molar-refractivity contribution in [1.29, 1.82) is 0 Å². The van der Waals surface area contributed by atoms with Crippen LogP contribution in [0.5, 0.6) is 0 Å². The molecule has 3 saturated carbocycles. The molecule has 0 aliphatic heterocycles. The summed E-state index contributed by atoms with van der Waals surface area (Å²) in [5, 5.41) is 0. The highest BCUT2D eigenvalue weighted by Crippen LogP contribution is 2.66. The summed E-state index contributed by atoms with van der Waals surface area (Å²) in [6, 6.07) is 10.7. The topological polar surface area (TPSA) is 26.3 Å². The molecule has 0 amide bonds. The fraction of sp³-hybridized carbons (Fsp3) is 0.621. The van der Waals surface area contributed by atoms with E-state index in [4.69, 9.17) is 4.74 Å². The van der Waals surface area contributed by atoms with Crippen LogP contribution in [-0.4, -0.2) is 12.1 Å². The minimum absolute atomic E-state index is 0.108. The van der Waals surface area contributed by atoms with E-state index in [0.717, 1.165) is 36.5 Å². The first-order valence-corrected chi connectivity index (χ1v) is 12.5. The van der Waals surface area contributed by atoms with Gasteiger partial charge in [-0.05, 0) is 97.0 Å². The van der Waals surface area contributed by atoms with Crippen LogP contribution in [0.1, 0.15) is 77.7 Å². The zero-order chi connectivity index (χ0) is 21.6. The minimum Gasteiger partial charge on any atom is -0.463 e. The fourth-order valence-electron chi connectivity index (χ4n) is 8.17. The van der Waals surface area contributed by atoms with Gasteiger partial charge in [-0.15, -0.1) is 0 Å². The first-order valence-electron chi connectivity index (χ1n) is 12.5. The van der Waals surface area contributed by atoms with Gasteiger partial charge in [-0.25, -0.2) is 0 Å². The van der Waals surface area contributed by atoms with Crippen LogP contribution in [0, 0.1) is 34.5 Å². The van der Waals surface area contributed by atoms with Crippen molar-refractivity contribution in [2.24, 2.45) is 34.5 Å². The summed E-state index contributed by atoms with van der Waals surface area (Å²) < 4.78 is 5.63. The second-order valence-electron chi connectivity index (χ2n) is 11.3. The SMILES string of the molecule is CC(=O)O[C@H]1CC[C@]2(C)[C@H](CC[C@H]3[C@H]4CC=C(/C=C\c5ccccc5)[C@]4(C)CC[C@@H]32)C1. The predicted octanol–water partition coefficient (Wildman–Crippen LogP) is 7.21. The van der Waals surface area contributed by atoms with Crippen molar-refractivity contribution in [3.05, 3.63) is 53.6 Å². The van der Waals surface area contributed by atoms with Gasteiger partial charge in [0.15, 0.2) is 0 Å². The van der Waals surface area contributed by atoms with Crippen LogP contribution < -0.4 is 0 Å². The number of rotatable bonds is 3. The van der Waals surface area contributed by atoms with E-state index in [9.17, 15) is 4.79 Å². The van der Waals surface area contributed by atoms with Crippen molar-refractivity contribution in [2.75, 3.05) is 0 Å². The largest absolute Gasteiger partial charge is 0.463 e. The van der Waals surface area contributed by atoms with Gasteiger partial charge in [0.1, 0.15) is 6.10 Å². The zero-order valence-corrected chi connectivity index (χ0v) is 19.5. The smallest absolute Gasteiger partial charge is 0.302 e. The Morgan fingerprint density at radius 1 is 1.00 bits per heavy atom. The average Bonchev–Trinajstić information content (AvgIpc) is 3.09. The van der Waals surface area contributed by atoms with Crippen molar-refractivity contribution < 1.29 is 9.53 Å². The summed E-state index contributed by atoms with van der Waals surface area (Å²) >= 11 is 0. The van der Waals surface area contributed by atoms with Crippen molar-refractivity contribution in [3.63, 3.8) is 0 Å². The van der Waals surface area contributed by atoms with Gasteiger partial charge in [0.2, 0.25) is 0 Å². The van der Waals surface area contributed by atoms with Crippen LogP contribution in [-0.2, 0) is 9.53 Å². The highest BCUT2D eigenvalue weighted by Gasteiger charge is 2.58. The van der Waals surface area contributed by atoms with Crippen LogP contribution >= 0.6 is 0 Å². The van der Waals surface area contributed by atoms with E-state index in [2.05, 4.69) is 62.4 Å². The van der Waals surface area contributed by atoms with Gasteiger partial charge in [-0.2, -0.15) is 0 Å². The number of allylic oxidation sites excluding steroid dienone is 3. The van der Waals surface area contributed by atoms with Crippen molar-refractivity contribution >= 4 is 12.0 Å². The Balaban J connectivity index is 1.32. The number of fused-ring (bicyclic) bond motifs is 5. The molecule has 4 aliphatic carbocycles. The molecule has 1 aromatic carbocycles. The number of benzene rings is 1. The summed E-state index contributed by atoms with van der Waals surface area (Å²) in [5.74, 6) is 3.11. The molecule has 0 aromatic heterocycles. The van der Waals surface area contributed by atoms with E-state index in [1.54, 1.807) is 12.5 Å². The molecule has 7 atom stereocenters. The lowest BCUT2D eigenvalue weighted by atomic mass is 9.44. The number of hydrogen-bond acceptors (Lipinski definition) is 2. The fourth-order valence-corrected chi connectivity index (χ4v) is 8.17. The molecule has 2 nitrogen and oxygen atoms in total. The summed E-state index contributed by atoms with van der Waals surface area (Å²) in [6.45, 7) is 6.69. The summed E-state index contributed by atoms with van der Waals surface area (Å²) in [4.78, 5) is 11.5. The van der Waals surface area contributed by atoms with Crippen LogP contribution in [0.4, 0.5) is 0 Å². The Labute approximate surface area is 188 Å². The second-order valence-corrected chi connectivity index (χ2v) is 11.3. The molecule has 1 aromatic rings. The third-order valence-electron chi connectivity index (χ3n) is 9.85. The van der Waals surface area contributed by atoms with Crippen molar-refractivity contribution in [2.45, 2.75) is 78.2 Å². The first kappa shape index (κ1) is 21.0. The normalized spacial score (nSPS) is 41.8. The minimum atomic E-state index is -0.108. The number of carbonyl (C=O) groups is 1. The monoisotopic (exact) mass is 418 g/mol. The van der Waals surface area contributed by atoms with Gasteiger partial charge < -0.3 is 4.74 Å². The van der Waals surface area contributed by atoms with Gasteiger partial charge in [0.05, 0.1) is 0 Å². The first-order chi connectivity index (χ1) is 14.9. The molecule has 0 unspecified atom stereocenters. The number of esters is 1. The van der Waals surface area contributed by atoms with Gasteiger partial charge in [-0.1, -0.05) is 62.4 Å². The molecule has 0 N–H and O–H groups in total. The molecular formula is C29H38O2. The second kappa shape index (κ2) is 7.94. The van der Waals surface area contributed by atoms with Gasteiger partial charge in [0, 0.05) is 6.92 Å². The highest BCUT2D eigenvalue weighted by molar-refractivity contribution is 5.66. The number of carbonyl (C=O) groups excluding carboxylic acids is 1. The Hall–Kier alpha value is -1.83. The quantitative estimate of drug-likeness (QED) is 0.485. The van der Waals surface area contributed by atoms with E-state index in [-0.39, 0.29) is 12.1 Å². The molecule has 3 fully saturated rings. The van der Waals surface area contributed by atoms with Gasteiger partial charge >= 0.3 is 5.97 Å². The van der Waals surface area contributed by atoms with Crippen molar-refractivity contribution in [1.82, 2.24) is 0 Å². The van der Waals surface area contributed by atoms with Crippen LogP contribution in [0.25, 0.3) is 6.08 Å². The van der Waals surface area contributed by atoms with E-state index >= 15 is 0 Å². The molecule has 5 rings (SSSR count). The van der Waals surface area contributed by atoms with Crippen molar-refractivity contribution in [3.8, 4) is 0 Å². The van der Waals surface area contributed by atoms with E-state index in [0.29, 0.717) is 10.8 Å². The Morgan fingerprint density at radius 3 is 2.58 bits per heavy atom. The Morgan fingerprint density at radius 2 is 1.81 bits per heavy atom. The molecule has 0 radical (unpaired) electrons. The lowest BCUT2D eigenvalue weighted by molar-refractivity contribution is -0.158. The maximum atomic E-state index is 11.5. The van der Waals surface area contributed by atoms with E-state index in [1.807, 2.05) is 0 Å². The van der Waals surface area contributed by atoms with Crippen LogP contribution in [0.15, 0.2) is 48.1 Å².